The molecule has 1 saturated carbocycles. The molecule has 0 unspecified atom stereocenters. The predicted molar refractivity (Wildman–Crippen MR) is 151 cm³/mol. The van der Waals surface area contributed by atoms with E-state index in [0.717, 1.165) is 6.26 Å². The maximum absolute atomic E-state index is 12.5. The van der Waals surface area contributed by atoms with Gasteiger partial charge in [0.25, 0.3) is 5.88 Å². The minimum absolute atomic E-state index is 0.157. The zero-order chi connectivity index (χ0) is 29.4. The number of nitrogens with one attached hydrogen (secondary N) is 2. The van der Waals surface area contributed by atoms with Gasteiger partial charge in [-0.1, -0.05) is 0 Å². The first-order chi connectivity index (χ1) is 19.3. The molecule has 4 heterocycles. The lowest BCUT2D eigenvalue weighted by molar-refractivity contribution is -0.114. The Morgan fingerprint density at radius 3 is 2.56 bits per heavy atom. The van der Waals surface area contributed by atoms with E-state index in [1.807, 2.05) is 13.8 Å². The molecule has 0 saturated heterocycles. The molecule has 3 N–H and O–H groups in total. The standard InChI is InChI=1S/C28H33N5O7S/c1-16(34)30-24-13-22(20(14-29-24)21-9-10-23-27(32-21)38-15-28(2,3)40-23)31-25-11-19(12-26(33-25)41(4,36)37)39-18-7-5-17(35)6-8-18/h9-14,17-18,35H,5-8,15H2,1-4H3,(H2,29,30,31,33,34)/t17-,18-. The van der Waals surface area contributed by atoms with E-state index in [-0.39, 0.29) is 34.8 Å². The number of carbonyl (C=O) groups excluding carboxylic acids is 1. The average Bonchev–Trinajstić information content (AvgIpc) is 2.89. The molecule has 0 bridgehead atoms. The van der Waals surface area contributed by atoms with Crippen molar-refractivity contribution < 1.29 is 32.5 Å². The number of hydrogen-bond donors (Lipinski definition) is 3. The zero-order valence-corrected chi connectivity index (χ0v) is 24.1. The van der Waals surface area contributed by atoms with E-state index in [9.17, 15) is 18.3 Å². The van der Waals surface area contributed by atoms with Crippen molar-refractivity contribution >= 4 is 33.1 Å². The molecule has 41 heavy (non-hydrogen) atoms. The van der Waals surface area contributed by atoms with Crippen molar-refractivity contribution in [1.29, 1.82) is 0 Å². The van der Waals surface area contributed by atoms with E-state index < -0.39 is 15.4 Å². The van der Waals surface area contributed by atoms with E-state index in [4.69, 9.17) is 14.2 Å². The van der Waals surface area contributed by atoms with Crippen LogP contribution in [0.5, 0.6) is 17.4 Å². The van der Waals surface area contributed by atoms with Crippen molar-refractivity contribution in [1.82, 2.24) is 15.0 Å². The molecule has 0 radical (unpaired) electrons. The molecule has 3 aromatic heterocycles. The molecule has 0 atom stereocenters. The van der Waals surface area contributed by atoms with Gasteiger partial charge in [0, 0.05) is 43.1 Å². The van der Waals surface area contributed by atoms with Gasteiger partial charge < -0.3 is 30.0 Å². The molecule has 218 valence electrons. The number of pyridine rings is 3. The quantitative estimate of drug-likeness (QED) is 0.370. The number of anilines is 3. The van der Waals surface area contributed by atoms with Crippen LogP contribution in [0.2, 0.25) is 0 Å². The number of sulfone groups is 1. The molecule has 1 aliphatic carbocycles. The Kier molecular flexibility index (Phi) is 7.75. The number of nitrogens with zero attached hydrogens (tertiary/aromatic N) is 3. The summed E-state index contributed by atoms with van der Waals surface area (Å²) in [4.78, 5) is 25.0. The summed E-state index contributed by atoms with van der Waals surface area (Å²) in [5.41, 5.74) is 1.02. The predicted octanol–water partition coefficient (Wildman–Crippen LogP) is 3.88. The van der Waals surface area contributed by atoms with Crippen LogP contribution in [0.3, 0.4) is 0 Å². The first-order valence-electron chi connectivity index (χ1n) is 13.3. The second kappa shape index (κ2) is 11.1. The molecule has 2 aliphatic rings. The van der Waals surface area contributed by atoms with Crippen molar-refractivity contribution in [3.63, 3.8) is 0 Å². The fourth-order valence-electron chi connectivity index (χ4n) is 4.64. The molecule has 5 rings (SSSR count). The third kappa shape index (κ3) is 7.03. The van der Waals surface area contributed by atoms with Gasteiger partial charge in [0.05, 0.1) is 23.6 Å². The van der Waals surface area contributed by atoms with Gasteiger partial charge in [-0.15, -0.1) is 0 Å². The highest BCUT2D eigenvalue weighted by Crippen LogP contribution is 2.38. The van der Waals surface area contributed by atoms with Gasteiger partial charge in [-0.05, 0) is 51.7 Å². The number of hydrogen-bond acceptors (Lipinski definition) is 11. The van der Waals surface area contributed by atoms with Gasteiger partial charge in [0.1, 0.15) is 29.6 Å². The van der Waals surface area contributed by atoms with Gasteiger partial charge in [0.2, 0.25) is 5.91 Å². The number of aliphatic hydroxyl groups is 1. The van der Waals surface area contributed by atoms with Crippen LogP contribution in [0.4, 0.5) is 17.3 Å². The van der Waals surface area contributed by atoms with Crippen LogP contribution in [0.25, 0.3) is 11.3 Å². The molecule has 1 amide bonds. The Labute approximate surface area is 238 Å². The number of fused-ring (bicyclic) bond motifs is 1. The molecule has 1 fully saturated rings. The lowest BCUT2D eigenvalue weighted by Crippen LogP contribution is -2.39. The van der Waals surface area contributed by atoms with Gasteiger partial charge in [-0.25, -0.2) is 23.4 Å². The summed E-state index contributed by atoms with van der Waals surface area (Å²) in [6.45, 7) is 5.54. The van der Waals surface area contributed by atoms with E-state index in [0.29, 0.717) is 66.6 Å². The summed E-state index contributed by atoms with van der Waals surface area (Å²) >= 11 is 0. The highest BCUT2D eigenvalue weighted by Gasteiger charge is 2.29. The number of carbonyl (C=O) groups is 1. The fraction of sp³-hybridized carbons (Fsp3) is 0.429. The monoisotopic (exact) mass is 583 g/mol. The third-order valence-electron chi connectivity index (χ3n) is 6.62. The van der Waals surface area contributed by atoms with Crippen molar-refractivity contribution in [2.24, 2.45) is 0 Å². The summed E-state index contributed by atoms with van der Waals surface area (Å²) in [6, 6.07) is 8.14. The topological polar surface area (TPSA) is 162 Å². The molecule has 13 heteroatoms. The van der Waals surface area contributed by atoms with Crippen molar-refractivity contribution in [3.8, 4) is 28.6 Å². The Morgan fingerprint density at radius 2 is 1.85 bits per heavy atom. The summed E-state index contributed by atoms with van der Waals surface area (Å²) in [6.07, 6.45) is 4.66. The van der Waals surface area contributed by atoms with Crippen LogP contribution in [-0.2, 0) is 14.6 Å². The maximum atomic E-state index is 12.5. The molecule has 3 aromatic rings. The van der Waals surface area contributed by atoms with E-state index in [1.54, 1.807) is 30.5 Å². The molecule has 0 spiro atoms. The second-order valence-corrected chi connectivity index (χ2v) is 12.9. The smallest absolute Gasteiger partial charge is 0.257 e. The van der Waals surface area contributed by atoms with Crippen molar-refractivity contribution in [3.05, 3.63) is 36.5 Å². The van der Waals surface area contributed by atoms with Gasteiger partial charge in [-0.3, -0.25) is 4.79 Å². The lowest BCUT2D eigenvalue weighted by Gasteiger charge is -2.31. The lowest BCUT2D eigenvalue weighted by atomic mass is 9.95. The Bertz CT molecular complexity index is 1570. The van der Waals surface area contributed by atoms with Gasteiger partial charge in [-0.2, -0.15) is 0 Å². The van der Waals surface area contributed by atoms with Crippen molar-refractivity contribution in [2.45, 2.75) is 69.3 Å². The molecular formula is C28H33N5O7S. The van der Waals surface area contributed by atoms with Crippen LogP contribution in [-0.4, -0.2) is 65.1 Å². The zero-order valence-electron chi connectivity index (χ0n) is 23.3. The third-order valence-corrected chi connectivity index (χ3v) is 7.59. The van der Waals surface area contributed by atoms with Crippen LogP contribution in [0.1, 0.15) is 46.5 Å². The van der Waals surface area contributed by atoms with E-state index in [2.05, 4.69) is 25.6 Å². The molecule has 12 nitrogen and oxygen atoms in total. The van der Waals surface area contributed by atoms with Crippen LogP contribution >= 0.6 is 0 Å². The number of aromatic nitrogens is 3. The maximum Gasteiger partial charge on any atom is 0.257 e. The van der Waals surface area contributed by atoms with Crippen LogP contribution in [0, 0.1) is 0 Å². The van der Waals surface area contributed by atoms with Crippen LogP contribution in [0.15, 0.2) is 41.6 Å². The first-order valence-corrected chi connectivity index (χ1v) is 15.2. The number of rotatable bonds is 7. The second-order valence-electron chi connectivity index (χ2n) is 10.9. The highest BCUT2D eigenvalue weighted by molar-refractivity contribution is 7.90. The van der Waals surface area contributed by atoms with E-state index >= 15 is 0 Å². The van der Waals surface area contributed by atoms with Gasteiger partial charge in [0.15, 0.2) is 20.6 Å². The first kappa shape index (κ1) is 28.6. The number of ether oxygens (including phenoxy) is 3. The molecular weight excluding hydrogens is 550 g/mol. The normalized spacial score (nSPS) is 19.7. The SMILES string of the molecule is CC(=O)Nc1cc(Nc2cc(O[C@H]3CC[C@H](O)CC3)cc(S(C)(=O)=O)n2)c(-c2ccc3c(n2)OCC(C)(C)O3)cn1. The summed E-state index contributed by atoms with van der Waals surface area (Å²) in [5, 5.41) is 15.5. The average molecular weight is 584 g/mol. The van der Waals surface area contributed by atoms with Gasteiger partial charge >= 0.3 is 0 Å². The Hall–Kier alpha value is -3.97. The van der Waals surface area contributed by atoms with Crippen LogP contribution < -0.4 is 24.8 Å². The summed E-state index contributed by atoms with van der Waals surface area (Å²) in [5.74, 6) is 1.37. The van der Waals surface area contributed by atoms with E-state index in [1.165, 1.54) is 13.0 Å². The largest absolute Gasteiger partial charge is 0.490 e. The minimum Gasteiger partial charge on any atom is -0.490 e. The highest BCUT2D eigenvalue weighted by atomic mass is 32.2. The minimum atomic E-state index is -3.68. The molecule has 1 aliphatic heterocycles. The number of aliphatic hydroxyl groups excluding tert-OH is 1. The van der Waals surface area contributed by atoms with Crippen molar-refractivity contribution in [2.75, 3.05) is 23.5 Å². The fourth-order valence-corrected chi connectivity index (χ4v) is 5.23. The number of amides is 1. The summed E-state index contributed by atoms with van der Waals surface area (Å²) in [7, 11) is -3.68. The Morgan fingerprint density at radius 1 is 1.10 bits per heavy atom. The Balaban J connectivity index is 1.52. The summed E-state index contributed by atoms with van der Waals surface area (Å²) < 4.78 is 42.9. The molecule has 0 aromatic carbocycles.